The Kier molecular flexibility index (Phi) is 6.61. The molecule has 1 amide bonds. The van der Waals surface area contributed by atoms with Crippen LogP contribution < -0.4 is 11.1 Å². The van der Waals surface area contributed by atoms with E-state index >= 15 is 0 Å². The van der Waals surface area contributed by atoms with Gasteiger partial charge in [-0.15, -0.1) is 0 Å². The zero-order chi connectivity index (χ0) is 22.5. The molecule has 8 nitrogen and oxygen atoms in total. The summed E-state index contributed by atoms with van der Waals surface area (Å²) in [6.07, 6.45) is 0.445. The molecule has 0 aliphatic carbocycles. The standard InChI is InChI=1S/C24H29N7O/c1-17-8-6-7-9-19(17)16-21(32)31-14-12-30(13-15-31)18(2)22-27-23(25)29-24(28-22)26-20-10-4-3-5-11-20/h3-11,18H,12-16H2,1-2H3,(H3,25,26,27,28,29). The molecule has 8 heteroatoms. The first-order valence-corrected chi connectivity index (χ1v) is 10.9. The number of para-hydroxylation sites is 1. The van der Waals surface area contributed by atoms with Gasteiger partial charge in [0.15, 0.2) is 5.82 Å². The molecule has 3 aromatic rings. The third kappa shape index (κ3) is 5.20. The molecule has 0 bridgehead atoms. The quantitative estimate of drug-likeness (QED) is 0.619. The Morgan fingerprint density at radius 2 is 1.69 bits per heavy atom. The molecule has 2 heterocycles. The molecule has 1 fully saturated rings. The third-order valence-electron chi connectivity index (χ3n) is 5.89. The van der Waals surface area contributed by atoms with Crippen molar-refractivity contribution in [3.05, 3.63) is 71.5 Å². The minimum atomic E-state index is -0.0368. The Morgan fingerprint density at radius 1 is 1.00 bits per heavy atom. The summed E-state index contributed by atoms with van der Waals surface area (Å²) in [6.45, 7) is 6.99. The summed E-state index contributed by atoms with van der Waals surface area (Å²) in [7, 11) is 0. The Labute approximate surface area is 188 Å². The van der Waals surface area contributed by atoms with E-state index in [1.165, 1.54) is 0 Å². The van der Waals surface area contributed by atoms with E-state index in [1.54, 1.807) is 0 Å². The number of hydrogen-bond donors (Lipinski definition) is 2. The lowest BCUT2D eigenvalue weighted by molar-refractivity contribution is -0.132. The molecule has 32 heavy (non-hydrogen) atoms. The lowest BCUT2D eigenvalue weighted by Crippen LogP contribution is -2.49. The maximum atomic E-state index is 12.8. The van der Waals surface area contributed by atoms with Crippen molar-refractivity contribution in [2.45, 2.75) is 26.3 Å². The van der Waals surface area contributed by atoms with Crippen LogP contribution >= 0.6 is 0 Å². The van der Waals surface area contributed by atoms with Crippen LogP contribution in [0.5, 0.6) is 0 Å². The first kappa shape index (κ1) is 21.7. The second kappa shape index (κ2) is 9.74. The Hall–Kier alpha value is -3.52. The van der Waals surface area contributed by atoms with Gasteiger partial charge in [-0.25, -0.2) is 0 Å². The highest BCUT2D eigenvalue weighted by Crippen LogP contribution is 2.22. The number of piperazine rings is 1. The number of carbonyl (C=O) groups excluding carboxylic acids is 1. The van der Waals surface area contributed by atoms with Crippen molar-refractivity contribution in [2.24, 2.45) is 0 Å². The lowest BCUT2D eigenvalue weighted by Gasteiger charge is -2.37. The fourth-order valence-electron chi connectivity index (χ4n) is 3.91. The van der Waals surface area contributed by atoms with Crippen LogP contribution in [0, 0.1) is 6.92 Å². The summed E-state index contributed by atoms with van der Waals surface area (Å²) >= 11 is 0. The maximum Gasteiger partial charge on any atom is 0.232 e. The molecule has 1 unspecified atom stereocenters. The van der Waals surface area contributed by atoms with E-state index in [4.69, 9.17) is 5.73 Å². The number of benzene rings is 2. The van der Waals surface area contributed by atoms with Gasteiger partial charge in [0.2, 0.25) is 17.8 Å². The van der Waals surface area contributed by atoms with E-state index in [-0.39, 0.29) is 17.9 Å². The Balaban J connectivity index is 1.37. The number of hydrogen-bond acceptors (Lipinski definition) is 7. The topological polar surface area (TPSA) is 100 Å². The minimum Gasteiger partial charge on any atom is -0.368 e. The van der Waals surface area contributed by atoms with Crippen LogP contribution in [0.3, 0.4) is 0 Å². The summed E-state index contributed by atoms with van der Waals surface area (Å²) in [6, 6.07) is 17.7. The largest absolute Gasteiger partial charge is 0.368 e. The normalized spacial score (nSPS) is 15.4. The number of anilines is 3. The smallest absolute Gasteiger partial charge is 0.232 e. The van der Waals surface area contributed by atoms with Gasteiger partial charge in [-0.3, -0.25) is 9.69 Å². The van der Waals surface area contributed by atoms with Crippen LogP contribution in [0.4, 0.5) is 17.6 Å². The fraction of sp³-hybridized carbons (Fsp3) is 0.333. The molecule has 1 aliphatic rings. The van der Waals surface area contributed by atoms with E-state index in [1.807, 2.05) is 66.4 Å². The molecule has 1 atom stereocenters. The number of nitrogens with one attached hydrogen (secondary N) is 1. The summed E-state index contributed by atoms with van der Waals surface area (Å²) in [5.41, 5.74) is 9.08. The van der Waals surface area contributed by atoms with Crippen molar-refractivity contribution in [3.8, 4) is 0 Å². The average Bonchev–Trinajstić information content (AvgIpc) is 2.80. The minimum absolute atomic E-state index is 0.0368. The van der Waals surface area contributed by atoms with Crippen LogP contribution in [0.1, 0.15) is 29.9 Å². The van der Waals surface area contributed by atoms with Crippen LogP contribution in [0.2, 0.25) is 0 Å². The Bertz CT molecular complexity index is 1060. The molecule has 4 rings (SSSR count). The predicted molar refractivity (Wildman–Crippen MR) is 125 cm³/mol. The highest BCUT2D eigenvalue weighted by atomic mass is 16.2. The monoisotopic (exact) mass is 431 g/mol. The zero-order valence-electron chi connectivity index (χ0n) is 18.5. The highest BCUT2D eigenvalue weighted by molar-refractivity contribution is 5.79. The molecular formula is C24H29N7O. The number of aryl methyl sites for hydroxylation is 1. The molecule has 0 spiro atoms. The molecule has 2 aromatic carbocycles. The number of nitrogens with two attached hydrogens (primary N) is 1. The number of amides is 1. The molecule has 1 aliphatic heterocycles. The summed E-state index contributed by atoms with van der Waals surface area (Å²) in [4.78, 5) is 30.2. The van der Waals surface area contributed by atoms with Crippen LogP contribution in [0.15, 0.2) is 54.6 Å². The van der Waals surface area contributed by atoms with Crippen molar-refractivity contribution < 1.29 is 4.79 Å². The van der Waals surface area contributed by atoms with Gasteiger partial charge in [0.05, 0.1) is 12.5 Å². The first-order chi connectivity index (χ1) is 15.5. The van der Waals surface area contributed by atoms with E-state index in [9.17, 15) is 4.79 Å². The number of aromatic nitrogens is 3. The lowest BCUT2D eigenvalue weighted by atomic mass is 10.1. The van der Waals surface area contributed by atoms with Crippen LogP contribution in [-0.2, 0) is 11.2 Å². The number of rotatable bonds is 6. The summed E-state index contributed by atoms with van der Waals surface area (Å²) in [5, 5.41) is 3.18. The number of carbonyl (C=O) groups is 1. The fourth-order valence-corrected chi connectivity index (χ4v) is 3.91. The van der Waals surface area contributed by atoms with E-state index in [0.29, 0.717) is 31.3 Å². The van der Waals surface area contributed by atoms with Crippen molar-refractivity contribution in [3.63, 3.8) is 0 Å². The first-order valence-electron chi connectivity index (χ1n) is 10.9. The molecule has 3 N–H and O–H groups in total. The summed E-state index contributed by atoms with van der Waals surface area (Å²) < 4.78 is 0. The van der Waals surface area contributed by atoms with Gasteiger partial charge in [-0.05, 0) is 37.1 Å². The van der Waals surface area contributed by atoms with Crippen molar-refractivity contribution in [1.82, 2.24) is 24.8 Å². The molecule has 0 saturated carbocycles. The van der Waals surface area contributed by atoms with Crippen molar-refractivity contribution in [2.75, 3.05) is 37.2 Å². The van der Waals surface area contributed by atoms with E-state index in [0.717, 1.165) is 29.9 Å². The predicted octanol–water partition coefficient (Wildman–Crippen LogP) is 2.95. The van der Waals surface area contributed by atoms with E-state index < -0.39 is 0 Å². The van der Waals surface area contributed by atoms with E-state index in [2.05, 4.69) is 32.1 Å². The van der Waals surface area contributed by atoms with Gasteiger partial charge in [0.1, 0.15) is 0 Å². The third-order valence-corrected chi connectivity index (χ3v) is 5.89. The number of nitrogens with zero attached hydrogens (tertiary/aromatic N) is 5. The second-order valence-corrected chi connectivity index (χ2v) is 8.06. The average molecular weight is 432 g/mol. The number of nitrogen functional groups attached to an aromatic ring is 1. The van der Waals surface area contributed by atoms with Gasteiger partial charge in [-0.2, -0.15) is 15.0 Å². The molecule has 1 saturated heterocycles. The Morgan fingerprint density at radius 3 is 2.41 bits per heavy atom. The van der Waals surface area contributed by atoms with Crippen molar-refractivity contribution in [1.29, 1.82) is 0 Å². The van der Waals surface area contributed by atoms with Gasteiger partial charge < -0.3 is 16.0 Å². The van der Waals surface area contributed by atoms with Crippen molar-refractivity contribution >= 4 is 23.5 Å². The maximum absolute atomic E-state index is 12.8. The molecule has 1 aromatic heterocycles. The summed E-state index contributed by atoms with van der Waals surface area (Å²) in [5.74, 6) is 1.41. The van der Waals surface area contributed by atoms with Crippen LogP contribution in [0.25, 0.3) is 0 Å². The molecule has 166 valence electrons. The van der Waals surface area contributed by atoms with Gasteiger partial charge in [0.25, 0.3) is 0 Å². The second-order valence-electron chi connectivity index (χ2n) is 8.06. The SMILES string of the molecule is Cc1ccccc1CC(=O)N1CCN(C(C)c2nc(N)nc(Nc3ccccc3)n2)CC1. The van der Waals surface area contributed by atoms with Crippen LogP contribution in [-0.4, -0.2) is 56.8 Å². The zero-order valence-corrected chi connectivity index (χ0v) is 18.5. The van der Waals surface area contributed by atoms with Gasteiger partial charge in [0, 0.05) is 31.9 Å². The molecule has 0 radical (unpaired) electrons. The van der Waals surface area contributed by atoms with Gasteiger partial charge in [-0.1, -0.05) is 42.5 Å². The highest BCUT2D eigenvalue weighted by Gasteiger charge is 2.26. The molecular weight excluding hydrogens is 402 g/mol. The van der Waals surface area contributed by atoms with Gasteiger partial charge >= 0.3 is 0 Å².